The Morgan fingerprint density at radius 2 is 1.00 bits per heavy atom. The molecule has 0 radical (unpaired) electrons. The second kappa shape index (κ2) is 15.6. The van der Waals surface area contributed by atoms with Crippen molar-refractivity contribution < 1.29 is 51.4 Å². The molecule has 2 nitrogen and oxygen atoms in total. The molecule has 3 heteroatoms. The van der Waals surface area contributed by atoms with E-state index in [0.717, 1.165) is 13.1 Å². The molecule has 2 aliphatic rings. The van der Waals surface area contributed by atoms with Gasteiger partial charge in [-0.05, 0) is 20.1 Å². The van der Waals surface area contributed by atoms with E-state index < -0.39 is 0 Å². The van der Waals surface area contributed by atoms with Gasteiger partial charge in [0.25, 0.3) is 0 Å². The van der Waals surface area contributed by atoms with Crippen molar-refractivity contribution >= 4 is 0 Å². The van der Waals surface area contributed by atoms with Crippen LogP contribution in [-0.4, -0.2) is 43.0 Å². The summed E-state index contributed by atoms with van der Waals surface area (Å²) in [5, 5.41) is 0. The quantitative estimate of drug-likeness (QED) is 0.462. The molecule has 2 fully saturated rings. The predicted octanol–water partition coefficient (Wildman–Crippen LogP) is 0.396. The third-order valence-corrected chi connectivity index (χ3v) is 3.10. The first-order valence-corrected chi connectivity index (χ1v) is 7.03. The Morgan fingerprint density at radius 1 is 0.706 bits per heavy atom. The Balaban J connectivity index is 0. The third kappa shape index (κ3) is 13.8. The van der Waals surface area contributed by atoms with E-state index in [-0.39, 0.29) is 51.4 Å². The van der Waals surface area contributed by atoms with Gasteiger partial charge in [0.1, 0.15) is 0 Å². The summed E-state index contributed by atoms with van der Waals surface area (Å²) >= 11 is 0. The molecule has 1 aliphatic carbocycles. The largest absolute Gasteiger partial charge is 1.00 e. The summed E-state index contributed by atoms with van der Waals surface area (Å²) in [4.78, 5) is 4.43. The number of hydrogen-bond donors (Lipinski definition) is 0. The molecule has 0 aromatic rings. The van der Waals surface area contributed by atoms with E-state index in [9.17, 15) is 0 Å². The monoisotopic (exact) mass is 266 g/mol. The van der Waals surface area contributed by atoms with Crippen molar-refractivity contribution in [1.82, 2.24) is 9.80 Å². The summed E-state index contributed by atoms with van der Waals surface area (Å²) in [5.41, 5.74) is 0. The normalized spacial score (nSPS) is 21.2. The number of hydrogen-bond acceptors (Lipinski definition) is 2. The molecule has 1 saturated heterocycles. The molecule has 0 aromatic carbocycles. The molecule has 1 heterocycles. The van der Waals surface area contributed by atoms with Crippen LogP contribution in [0.3, 0.4) is 0 Å². The van der Waals surface area contributed by atoms with Gasteiger partial charge in [-0.15, -0.1) is 0 Å². The van der Waals surface area contributed by atoms with Gasteiger partial charge >= 0.3 is 51.4 Å². The van der Waals surface area contributed by atoms with Crippen molar-refractivity contribution in [3.8, 4) is 0 Å². The van der Waals surface area contributed by atoms with Crippen LogP contribution in [0.5, 0.6) is 0 Å². The van der Waals surface area contributed by atoms with E-state index in [1.54, 1.807) is 0 Å². The predicted molar refractivity (Wildman–Crippen MR) is 73.5 cm³/mol. The zero-order valence-electron chi connectivity index (χ0n) is 12.7. The Bertz CT molecular complexity index is 109. The van der Waals surface area contributed by atoms with Gasteiger partial charge in [-0.2, -0.15) is 0 Å². The fraction of sp³-hybridized carbons (Fsp3) is 0.929. The maximum atomic E-state index is 3.84. The van der Waals surface area contributed by atoms with Crippen LogP contribution in [0.2, 0.25) is 0 Å². The summed E-state index contributed by atoms with van der Waals surface area (Å²) in [7, 11) is 5.98. The van der Waals surface area contributed by atoms with Gasteiger partial charge in [0.05, 0.1) is 0 Å². The zero-order valence-corrected chi connectivity index (χ0v) is 15.8. The zero-order chi connectivity index (χ0) is 12.2. The molecule has 98 valence electrons. The topological polar surface area (TPSA) is 6.48 Å². The van der Waals surface area contributed by atoms with Gasteiger partial charge in [-0.1, -0.05) is 52.4 Å². The molecule has 1 saturated carbocycles. The summed E-state index contributed by atoms with van der Waals surface area (Å²) in [6.45, 7) is 8.58. The Labute approximate surface area is 152 Å². The molecule has 1 aliphatic heterocycles. The molecular formula is C14H31KN2. The summed E-state index contributed by atoms with van der Waals surface area (Å²) in [6, 6.07) is 0. The molecule has 0 unspecified atom stereocenters. The number of rotatable bonds is 0. The SMILES string of the molecule is C1CCCCC1.CC.[CH2-]N1CCN(C)CC1.[K+]. The molecule has 0 amide bonds. The van der Waals surface area contributed by atoms with E-state index in [4.69, 9.17) is 0 Å². The van der Waals surface area contributed by atoms with Crippen LogP contribution in [0.15, 0.2) is 0 Å². The molecule has 0 aromatic heterocycles. The summed E-state index contributed by atoms with van der Waals surface area (Å²) < 4.78 is 0. The minimum Gasteiger partial charge on any atom is -0.457 e. The molecular weight excluding hydrogens is 235 g/mol. The van der Waals surface area contributed by atoms with E-state index in [0.29, 0.717) is 0 Å². The third-order valence-electron chi connectivity index (χ3n) is 3.10. The maximum absolute atomic E-state index is 3.84. The number of nitrogens with zero attached hydrogens (tertiary/aromatic N) is 2. The van der Waals surface area contributed by atoms with Gasteiger partial charge < -0.3 is 9.80 Å². The number of piperazine rings is 1. The van der Waals surface area contributed by atoms with Crippen LogP contribution in [0.1, 0.15) is 52.4 Å². The van der Waals surface area contributed by atoms with Crippen LogP contribution in [-0.2, 0) is 0 Å². The summed E-state index contributed by atoms with van der Waals surface area (Å²) in [5.74, 6) is 0. The van der Waals surface area contributed by atoms with Crippen molar-refractivity contribution in [3.63, 3.8) is 0 Å². The Morgan fingerprint density at radius 3 is 1.24 bits per heavy atom. The van der Waals surface area contributed by atoms with Crippen molar-refractivity contribution in [1.29, 1.82) is 0 Å². The van der Waals surface area contributed by atoms with Crippen LogP contribution in [0.4, 0.5) is 0 Å². The molecule has 2 rings (SSSR count). The average molecular weight is 267 g/mol. The van der Waals surface area contributed by atoms with Gasteiger partial charge in [0, 0.05) is 13.1 Å². The maximum Gasteiger partial charge on any atom is 1.00 e. The Hall–Kier alpha value is 1.56. The smallest absolute Gasteiger partial charge is 0.457 e. The first-order chi connectivity index (χ1) is 7.79. The minimum absolute atomic E-state index is 0. The fourth-order valence-electron chi connectivity index (χ4n) is 1.91. The van der Waals surface area contributed by atoms with Crippen LogP contribution in [0.25, 0.3) is 0 Å². The first-order valence-electron chi connectivity index (χ1n) is 7.03. The van der Waals surface area contributed by atoms with Crippen molar-refractivity contribution in [3.05, 3.63) is 7.05 Å². The van der Waals surface area contributed by atoms with Crippen molar-refractivity contribution in [2.75, 3.05) is 33.2 Å². The van der Waals surface area contributed by atoms with Crippen LogP contribution in [0, 0.1) is 7.05 Å². The molecule has 0 bridgehead atoms. The van der Waals surface area contributed by atoms with Crippen LogP contribution >= 0.6 is 0 Å². The molecule has 0 spiro atoms. The minimum atomic E-state index is 0. The average Bonchev–Trinajstić information content (AvgIpc) is 2.38. The van der Waals surface area contributed by atoms with Gasteiger partial charge in [0.15, 0.2) is 0 Å². The van der Waals surface area contributed by atoms with E-state index >= 15 is 0 Å². The summed E-state index contributed by atoms with van der Waals surface area (Å²) in [6.07, 6.45) is 9.00. The van der Waals surface area contributed by atoms with Crippen molar-refractivity contribution in [2.45, 2.75) is 52.4 Å². The van der Waals surface area contributed by atoms with Crippen LogP contribution < -0.4 is 51.4 Å². The first kappa shape index (κ1) is 20.9. The second-order valence-corrected chi connectivity index (χ2v) is 4.54. The standard InChI is InChI=1S/C6H13N2.C6H12.C2H6.K/c1-7-3-5-8(2)6-4-7;1-2-4-6-5-3-1;1-2;/h1,3-6H2,2H3;1-6H2;1-2H3;/q-1;;;+1. The van der Waals surface area contributed by atoms with Gasteiger partial charge in [-0.25, -0.2) is 0 Å². The molecule has 0 N–H and O–H groups in total. The Kier molecular flexibility index (Phi) is 19.2. The number of likely N-dealkylation sites (N-methyl/N-ethyl adjacent to an activating group) is 1. The fourth-order valence-corrected chi connectivity index (χ4v) is 1.91. The van der Waals surface area contributed by atoms with E-state index in [1.165, 1.54) is 51.6 Å². The molecule has 17 heavy (non-hydrogen) atoms. The van der Waals surface area contributed by atoms with E-state index in [1.807, 2.05) is 13.8 Å². The second-order valence-electron chi connectivity index (χ2n) is 4.54. The van der Waals surface area contributed by atoms with Gasteiger partial charge in [0.2, 0.25) is 0 Å². The van der Waals surface area contributed by atoms with Crippen molar-refractivity contribution in [2.24, 2.45) is 0 Å². The van der Waals surface area contributed by atoms with E-state index in [2.05, 4.69) is 23.9 Å². The van der Waals surface area contributed by atoms with Gasteiger partial charge in [-0.3, -0.25) is 7.05 Å². The molecule has 0 atom stereocenters.